The lowest BCUT2D eigenvalue weighted by Gasteiger charge is -2.07. The minimum Gasteiger partial charge on any atom is -0.455 e. The number of hydrogen-bond donors (Lipinski definition) is 1. The molecule has 2 aromatic carbocycles. The first-order valence-electron chi connectivity index (χ1n) is 7.82. The first-order valence-corrected chi connectivity index (χ1v) is 8.97. The number of carbonyl (C=O) groups excluding carboxylic acids is 2. The highest BCUT2D eigenvalue weighted by Gasteiger charge is 2.08. The van der Waals surface area contributed by atoms with Crippen molar-refractivity contribution >= 4 is 23.6 Å². The summed E-state index contributed by atoms with van der Waals surface area (Å²) in [5, 5.41) is 2.75. The van der Waals surface area contributed by atoms with Gasteiger partial charge in [-0.1, -0.05) is 60.7 Å². The van der Waals surface area contributed by atoms with Gasteiger partial charge in [0.2, 0.25) is 0 Å². The Bertz CT molecular complexity index is 632. The van der Waals surface area contributed by atoms with Gasteiger partial charge in [-0.2, -0.15) is 11.8 Å². The quantitative estimate of drug-likeness (QED) is 0.562. The van der Waals surface area contributed by atoms with Crippen molar-refractivity contribution in [2.24, 2.45) is 0 Å². The van der Waals surface area contributed by atoms with E-state index in [0.717, 1.165) is 17.1 Å². The van der Waals surface area contributed by atoms with Crippen molar-refractivity contribution in [2.75, 3.05) is 18.9 Å². The monoisotopic (exact) mass is 343 g/mol. The van der Waals surface area contributed by atoms with Crippen molar-refractivity contribution in [1.29, 1.82) is 0 Å². The van der Waals surface area contributed by atoms with Gasteiger partial charge in [-0.25, -0.2) is 0 Å². The minimum atomic E-state index is -0.394. The lowest BCUT2D eigenvalue weighted by molar-refractivity contribution is -0.147. The predicted molar refractivity (Wildman–Crippen MR) is 96.7 cm³/mol. The maximum absolute atomic E-state index is 11.6. The molecule has 1 N–H and O–H groups in total. The average Bonchev–Trinajstić information content (AvgIpc) is 2.61. The zero-order valence-electron chi connectivity index (χ0n) is 13.4. The number of ether oxygens (including phenoxy) is 1. The molecule has 0 heterocycles. The summed E-state index contributed by atoms with van der Waals surface area (Å²) in [5.41, 5.74) is 2.14. The maximum Gasteiger partial charge on any atom is 0.310 e. The number of amides is 1. The molecule has 4 nitrogen and oxygen atoms in total. The minimum absolute atomic E-state index is 0.182. The number of esters is 1. The van der Waals surface area contributed by atoms with Crippen LogP contribution in [0.5, 0.6) is 0 Å². The molecule has 2 aromatic rings. The smallest absolute Gasteiger partial charge is 0.310 e. The van der Waals surface area contributed by atoms with E-state index in [4.69, 9.17) is 4.74 Å². The van der Waals surface area contributed by atoms with Gasteiger partial charge in [0.05, 0.1) is 6.42 Å². The van der Waals surface area contributed by atoms with E-state index in [9.17, 15) is 9.59 Å². The van der Waals surface area contributed by atoms with E-state index < -0.39 is 5.97 Å². The molecule has 0 fully saturated rings. The summed E-state index contributed by atoms with van der Waals surface area (Å²) >= 11 is 1.75. The van der Waals surface area contributed by atoms with Crippen LogP contribution in [0.2, 0.25) is 0 Å². The molecule has 5 heteroatoms. The second-order valence-corrected chi connectivity index (χ2v) is 6.32. The standard InChI is InChI=1S/C19H21NO3S/c21-18(14-23-19(22)13-16-7-3-1-4-8-16)20-11-12-24-15-17-9-5-2-6-10-17/h1-10H,11-15H2,(H,20,21). The van der Waals surface area contributed by atoms with Crippen LogP contribution in [0.4, 0.5) is 0 Å². The van der Waals surface area contributed by atoms with E-state index in [-0.39, 0.29) is 18.9 Å². The molecular formula is C19H21NO3S. The van der Waals surface area contributed by atoms with E-state index in [2.05, 4.69) is 17.4 Å². The summed E-state index contributed by atoms with van der Waals surface area (Å²) in [6, 6.07) is 19.5. The fourth-order valence-electron chi connectivity index (χ4n) is 2.04. The summed E-state index contributed by atoms with van der Waals surface area (Å²) in [6.07, 6.45) is 0.182. The van der Waals surface area contributed by atoms with Gasteiger partial charge in [-0.15, -0.1) is 0 Å². The Kier molecular flexibility index (Phi) is 7.90. The highest BCUT2D eigenvalue weighted by Crippen LogP contribution is 2.10. The first kappa shape index (κ1) is 18.1. The van der Waals surface area contributed by atoms with Crippen LogP contribution in [0.3, 0.4) is 0 Å². The Morgan fingerprint density at radius 1 is 0.917 bits per heavy atom. The topological polar surface area (TPSA) is 55.4 Å². The van der Waals surface area contributed by atoms with Gasteiger partial charge in [0.1, 0.15) is 0 Å². The third kappa shape index (κ3) is 7.33. The molecule has 0 spiro atoms. The highest BCUT2D eigenvalue weighted by atomic mass is 32.2. The van der Waals surface area contributed by atoms with Crippen LogP contribution >= 0.6 is 11.8 Å². The van der Waals surface area contributed by atoms with Crippen LogP contribution in [-0.2, 0) is 26.5 Å². The summed E-state index contributed by atoms with van der Waals surface area (Å²) in [4.78, 5) is 23.3. The molecule has 2 rings (SSSR count). The molecule has 0 saturated heterocycles. The van der Waals surface area contributed by atoms with Crippen LogP contribution in [-0.4, -0.2) is 30.8 Å². The van der Waals surface area contributed by atoms with Crippen molar-refractivity contribution in [3.8, 4) is 0 Å². The molecule has 0 aliphatic rings. The van der Waals surface area contributed by atoms with E-state index in [1.165, 1.54) is 5.56 Å². The molecular weight excluding hydrogens is 322 g/mol. The van der Waals surface area contributed by atoms with Crippen molar-refractivity contribution in [3.63, 3.8) is 0 Å². The van der Waals surface area contributed by atoms with Crippen LogP contribution in [0.1, 0.15) is 11.1 Å². The van der Waals surface area contributed by atoms with Crippen molar-refractivity contribution in [1.82, 2.24) is 5.32 Å². The molecule has 0 saturated carbocycles. The zero-order chi connectivity index (χ0) is 17.0. The number of carbonyl (C=O) groups is 2. The van der Waals surface area contributed by atoms with Gasteiger partial charge >= 0.3 is 5.97 Å². The van der Waals surface area contributed by atoms with Gasteiger partial charge in [-0.05, 0) is 11.1 Å². The fourth-order valence-corrected chi connectivity index (χ4v) is 2.86. The molecule has 0 atom stereocenters. The van der Waals surface area contributed by atoms with Crippen LogP contribution in [0, 0.1) is 0 Å². The van der Waals surface area contributed by atoms with Gasteiger partial charge < -0.3 is 10.1 Å². The second kappa shape index (κ2) is 10.5. The SMILES string of the molecule is O=C(COC(=O)Cc1ccccc1)NCCSCc1ccccc1. The van der Waals surface area contributed by atoms with Crippen molar-refractivity contribution < 1.29 is 14.3 Å². The summed E-state index contributed by atoms with van der Waals surface area (Å²) < 4.78 is 4.98. The number of nitrogens with one attached hydrogen (secondary N) is 1. The van der Waals surface area contributed by atoms with E-state index in [1.807, 2.05) is 48.5 Å². The molecule has 24 heavy (non-hydrogen) atoms. The van der Waals surface area contributed by atoms with Gasteiger partial charge in [0.15, 0.2) is 6.61 Å². The number of rotatable bonds is 9. The number of thioether (sulfide) groups is 1. The van der Waals surface area contributed by atoms with Gasteiger partial charge in [0, 0.05) is 18.1 Å². The van der Waals surface area contributed by atoms with Crippen LogP contribution in [0.15, 0.2) is 60.7 Å². The second-order valence-electron chi connectivity index (χ2n) is 5.21. The molecule has 0 aromatic heterocycles. The summed E-state index contributed by atoms with van der Waals surface area (Å²) in [5.74, 6) is 1.08. The molecule has 1 amide bonds. The third-order valence-electron chi connectivity index (χ3n) is 3.24. The molecule has 0 radical (unpaired) electrons. The lowest BCUT2D eigenvalue weighted by atomic mass is 10.2. The molecule has 0 unspecified atom stereocenters. The third-order valence-corrected chi connectivity index (χ3v) is 4.27. The molecule has 126 valence electrons. The van der Waals surface area contributed by atoms with E-state index in [1.54, 1.807) is 11.8 Å². The first-order chi connectivity index (χ1) is 11.7. The zero-order valence-corrected chi connectivity index (χ0v) is 14.3. The van der Waals surface area contributed by atoms with Gasteiger partial charge in [-0.3, -0.25) is 9.59 Å². The maximum atomic E-state index is 11.6. The molecule has 0 aliphatic heterocycles. The van der Waals surface area contributed by atoms with Crippen molar-refractivity contribution in [3.05, 3.63) is 71.8 Å². The Balaban J connectivity index is 1.52. The van der Waals surface area contributed by atoms with E-state index >= 15 is 0 Å². The Hall–Kier alpha value is -2.27. The molecule has 0 aliphatic carbocycles. The largest absolute Gasteiger partial charge is 0.455 e. The predicted octanol–water partition coefficient (Wildman–Crippen LogP) is 2.82. The Morgan fingerprint density at radius 3 is 2.21 bits per heavy atom. The van der Waals surface area contributed by atoms with Crippen LogP contribution in [0.25, 0.3) is 0 Å². The lowest BCUT2D eigenvalue weighted by Crippen LogP contribution is -2.30. The fraction of sp³-hybridized carbons (Fsp3) is 0.263. The molecule has 0 bridgehead atoms. The van der Waals surface area contributed by atoms with Crippen molar-refractivity contribution in [2.45, 2.75) is 12.2 Å². The highest BCUT2D eigenvalue weighted by molar-refractivity contribution is 7.98. The number of hydrogen-bond acceptors (Lipinski definition) is 4. The average molecular weight is 343 g/mol. The summed E-state index contributed by atoms with van der Waals surface area (Å²) in [7, 11) is 0. The Morgan fingerprint density at radius 2 is 1.54 bits per heavy atom. The van der Waals surface area contributed by atoms with Gasteiger partial charge in [0.25, 0.3) is 5.91 Å². The Labute approximate surface area is 146 Å². The van der Waals surface area contributed by atoms with Crippen LogP contribution < -0.4 is 5.32 Å². The normalized spacial score (nSPS) is 10.2. The number of benzene rings is 2. The van der Waals surface area contributed by atoms with E-state index in [0.29, 0.717) is 6.54 Å². The summed E-state index contributed by atoms with van der Waals surface area (Å²) in [6.45, 7) is 0.335.